The summed E-state index contributed by atoms with van der Waals surface area (Å²) in [4.78, 5) is 1.19. The Morgan fingerprint density at radius 2 is 1.95 bits per heavy atom. The van der Waals surface area contributed by atoms with Crippen molar-refractivity contribution in [2.24, 2.45) is 0 Å². The highest BCUT2D eigenvalue weighted by Gasteiger charge is 2.09. The van der Waals surface area contributed by atoms with Crippen LogP contribution >= 0.6 is 22.9 Å². The van der Waals surface area contributed by atoms with Crippen molar-refractivity contribution in [1.82, 2.24) is 0 Å². The van der Waals surface area contributed by atoms with Crippen molar-refractivity contribution in [3.05, 3.63) is 64.0 Å². The lowest BCUT2D eigenvalue weighted by atomic mass is 10.1. The van der Waals surface area contributed by atoms with Crippen LogP contribution in [0.1, 0.15) is 17.4 Å². The van der Waals surface area contributed by atoms with E-state index in [-0.39, 0.29) is 0 Å². The molecule has 0 atom stereocenters. The van der Waals surface area contributed by atoms with Crippen LogP contribution in [-0.4, -0.2) is 0 Å². The summed E-state index contributed by atoms with van der Waals surface area (Å²) in [5.74, 6) is 0. The monoisotopic (exact) mass is 301 g/mol. The van der Waals surface area contributed by atoms with Crippen molar-refractivity contribution in [2.45, 2.75) is 19.9 Å². The first kappa shape index (κ1) is 13.5. The van der Waals surface area contributed by atoms with Crippen molar-refractivity contribution in [2.75, 3.05) is 5.32 Å². The summed E-state index contributed by atoms with van der Waals surface area (Å²) in [5, 5.41) is 5.49. The summed E-state index contributed by atoms with van der Waals surface area (Å²) in [6.07, 6.45) is 1.05. The summed E-state index contributed by atoms with van der Waals surface area (Å²) in [6.45, 7) is 2.94. The number of aryl methyl sites for hydroxylation is 1. The molecule has 0 fully saturated rings. The van der Waals surface area contributed by atoms with Gasteiger partial charge in [0.1, 0.15) is 0 Å². The van der Waals surface area contributed by atoms with Gasteiger partial charge in [0.15, 0.2) is 0 Å². The van der Waals surface area contributed by atoms with Gasteiger partial charge in [0, 0.05) is 20.7 Å². The number of hydrogen-bond acceptors (Lipinski definition) is 2. The van der Waals surface area contributed by atoms with Crippen molar-refractivity contribution < 1.29 is 0 Å². The molecular formula is C17H16ClNS. The zero-order chi connectivity index (χ0) is 13.9. The fourth-order valence-electron chi connectivity index (χ4n) is 2.26. The molecule has 0 saturated heterocycles. The van der Waals surface area contributed by atoms with Crippen molar-refractivity contribution in [1.29, 1.82) is 0 Å². The van der Waals surface area contributed by atoms with Gasteiger partial charge >= 0.3 is 0 Å². The Bertz CT molecular complexity index is 733. The number of rotatable bonds is 4. The van der Waals surface area contributed by atoms with E-state index >= 15 is 0 Å². The first-order chi connectivity index (χ1) is 9.78. The first-order valence-corrected chi connectivity index (χ1v) is 7.96. The number of anilines is 1. The van der Waals surface area contributed by atoms with Crippen LogP contribution < -0.4 is 5.32 Å². The fraction of sp³-hybridized carbons (Fsp3) is 0.176. The molecule has 3 aromatic rings. The highest BCUT2D eigenvalue weighted by Crippen LogP contribution is 2.35. The average molecular weight is 302 g/mol. The number of nitrogens with one attached hydrogen (secondary N) is 1. The van der Waals surface area contributed by atoms with Crippen LogP contribution in [0.5, 0.6) is 0 Å². The molecular weight excluding hydrogens is 286 g/mol. The van der Waals surface area contributed by atoms with Gasteiger partial charge in [-0.1, -0.05) is 48.9 Å². The molecule has 1 N–H and O–H groups in total. The maximum atomic E-state index is 6.45. The van der Waals surface area contributed by atoms with Crippen LogP contribution in [0, 0.1) is 0 Å². The summed E-state index contributed by atoms with van der Waals surface area (Å²) in [7, 11) is 0. The second-order valence-electron chi connectivity index (χ2n) is 4.74. The van der Waals surface area contributed by atoms with Gasteiger partial charge in [-0.3, -0.25) is 0 Å². The smallest absolute Gasteiger partial charge is 0.0642 e. The van der Waals surface area contributed by atoms with Gasteiger partial charge in [-0.25, -0.2) is 0 Å². The van der Waals surface area contributed by atoms with Crippen molar-refractivity contribution >= 4 is 38.7 Å². The van der Waals surface area contributed by atoms with E-state index in [1.54, 1.807) is 11.3 Å². The molecule has 0 aliphatic rings. The lowest BCUT2D eigenvalue weighted by molar-refractivity contribution is 1.13. The van der Waals surface area contributed by atoms with E-state index in [0.29, 0.717) is 0 Å². The van der Waals surface area contributed by atoms with Gasteiger partial charge in [-0.05, 0) is 30.2 Å². The molecule has 2 aromatic carbocycles. The number of hydrogen-bond donors (Lipinski definition) is 1. The molecule has 0 radical (unpaired) electrons. The molecule has 3 heteroatoms. The lowest BCUT2D eigenvalue weighted by Crippen LogP contribution is -1.98. The molecule has 0 spiro atoms. The zero-order valence-corrected chi connectivity index (χ0v) is 12.9. The van der Waals surface area contributed by atoms with Gasteiger partial charge in [0.25, 0.3) is 0 Å². The number of halogens is 1. The highest BCUT2D eigenvalue weighted by molar-refractivity contribution is 7.19. The molecule has 0 unspecified atom stereocenters. The third-order valence-electron chi connectivity index (χ3n) is 3.39. The van der Waals surface area contributed by atoms with E-state index in [2.05, 4.69) is 54.7 Å². The van der Waals surface area contributed by atoms with E-state index in [9.17, 15) is 0 Å². The standard InChI is InChI=1S/C17H16ClNS/c1-2-12-6-5-7-13(10-12)19-11-16-17(18)14-8-3-4-9-15(14)20-16/h3-10,19H,2,11H2,1H3. The third-order valence-corrected chi connectivity index (χ3v) is 5.10. The van der Waals surface area contributed by atoms with Crippen LogP contribution in [0.4, 0.5) is 5.69 Å². The Morgan fingerprint density at radius 1 is 1.10 bits per heavy atom. The number of benzene rings is 2. The first-order valence-electron chi connectivity index (χ1n) is 6.76. The summed E-state index contributed by atoms with van der Waals surface area (Å²) >= 11 is 8.21. The summed E-state index contributed by atoms with van der Waals surface area (Å²) in [5.41, 5.74) is 2.50. The highest BCUT2D eigenvalue weighted by atomic mass is 35.5. The maximum Gasteiger partial charge on any atom is 0.0642 e. The average Bonchev–Trinajstić information content (AvgIpc) is 2.82. The second kappa shape index (κ2) is 5.86. The van der Waals surface area contributed by atoms with Gasteiger partial charge in [0.2, 0.25) is 0 Å². The minimum absolute atomic E-state index is 0.769. The van der Waals surface area contributed by atoms with Crippen molar-refractivity contribution in [3.63, 3.8) is 0 Å². The van der Waals surface area contributed by atoms with Crippen LogP contribution in [0.2, 0.25) is 5.02 Å². The Labute approximate surface area is 128 Å². The minimum atomic E-state index is 0.769. The third kappa shape index (κ3) is 2.67. The molecule has 20 heavy (non-hydrogen) atoms. The predicted molar refractivity (Wildman–Crippen MR) is 90.0 cm³/mol. The van der Waals surface area contributed by atoms with Crippen LogP contribution in [0.25, 0.3) is 10.1 Å². The predicted octanol–water partition coefficient (Wildman–Crippen LogP) is 5.73. The summed E-state index contributed by atoms with van der Waals surface area (Å²) in [6, 6.07) is 16.8. The topological polar surface area (TPSA) is 12.0 Å². The lowest BCUT2D eigenvalue weighted by Gasteiger charge is -2.06. The fourth-order valence-corrected chi connectivity index (χ4v) is 3.70. The Balaban J connectivity index is 1.81. The van der Waals surface area contributed by atoms with E-state index in [4.69, 9.17) is 11.6 Å². The number of fused-ring (bicyclic) bond motifs is 1. The van der Waals surface area contributed by atoms with Gasteiger partial charge in [0.05, 0.1) is 11.6 Å². The molecule has 1 nitrogen and oxygen atoms in total. The Kier molecular flexibility index (Phi) is 3.95. The van der Waals surface area contributed by atoms with E-state index in [1.165, 1.54) is 15.1 Å². The molecule has 0 aliphatic heterocycles. The van der Waals surface area contributed by atoms with Gasteiger partial charge < -0.3 is 5.32 Å². The van der Waals surface area contributed by atoms with Crippen LogP contribution in [-0.2, 0) is 13.0 Å². The minimum Gasteiger partial charge on any atom is -0.380 e. The molecule has 3 rings (SSSR count). The Morgan fingerprint density at radius 3 is 2.75 bits per heavy atom. The second-order valence-corrected chi connectivity index (χ2v) is 6.26. The quantitative estimate of drug-likeness (QED) is 0.649. The van der Waals surface area contributed by atoms with Gasteiger partial charge in [-0.15, -0.1) is 11.3 Å². The SMILES string of the molecule is CCc1cccc(NCc2sc3ccccc3c2Cl)c1. The van der Waals surface area contributed by atoms with Crippen LogP contribution in [0.3, 0.4) is 0 Å². The largest absolute Gasteiger partial charge is 0.380 e. The van der Waals surface area contributed by atoms with E-state index in [0.717, 1.165) is 29.1 Å². The number of thiophene rings is 1. The Hall–Kier alpha value is -1.51. The van der Waals surface area contributed by atoms with E-state index in [1.807, 2.05) is 6.07 Å². The molecule has 0 aliphatic carbocycles. The van der Waals surface area contributed by atoms with E-state index < -0.39 is 0 Å². The molecule has 0 saturated carbocycles. The summed E-state index contributed by atoms with van der Waals surface area (Å²) < 4.78 is 1.25. The van der Waals surface area contributed by atoms with Gasteiger partial charge in [-0.2, -0.15) is 0 Å². The maximum absolute atomic E-state index is 6.45. The molecule has 1 heterocycles. The molecule has 1 aromatic heterocycles. The zero-order valence-electron chi connectivity index (χ0n) is 11.3. The molecule has 0 amide bonds. The normalized spacial score (nSPS) is 10.9. The molecule has 102 valence electrons. The van der Waals surface area contributed by atoms with Crippen LogP contribution in [0.15, 0.2) is 48.5 Å². The van der Waals surface area contributed by atoms with Crippen molar-refractivity contribution in [3.8, 4) is 0 Å². The molecule has 0 bridgehead atoms.